The molecular formula is C18H13BrClF2N3O2. The van der Waals surface area contributed by atoms with Gasteiger partial charge in [-0.05, 0) is 45.8 Å². The van der Waals surface area contributed by atoms with Crippen LogP contribution in [0.5, 0.6) is 5.75 Å². The molecule has 1 amide bonds. The molecule has 3 rings (SSSR count). The van der Waals surface area contributed by atoms with E-state index in [1.165, 1.54) is 18.2 Å². The van der Waals surface area contributed by atoms with Crippen molar-refractivity contribution in [3.63, 3.8) is 0 Å². The molecule has 0 radical (unpaired) electrons. The summed E-state index contributed by atoms with van der Waals surface area (Å²) in [6.45, 7) is -2.55. The van der Waals surface area contributed by atoms with Gasteiger partial charge in [0.15, 0.2) is 5.82 Å². The van der Waals surface area contributed by atoms with Crippen molar-refractivity contribution in [3.8, 4) is 5.75 Å². The summed E-state index contributed by atoms with van der Waals surface area (Å²) < 4.78 is 31.6. The highest BCUT2D eigenvalue weighted by molar-refractivity contribution is 9.10. The van der Waals surface area contributed by atoms with Gasteiger partial charge >= 0.3 is 6.61 Å². The molecule has 9 heteroatoms. The highest BCUT2D eigenvalue weighted by Gasteiger charge is 2.18. The molecule has 1 N–H and O–H groups in total. The maximum absolute atomic E-state index is 12.5. The van der Waals surface area contributed by atoms with Crippen LogP contribution in [-0.4, -0.2) is 22.3 Å². The van der Waals surface area contributed by atoms with Crippen molar-refractivity contribution in [2.45, 2.75) is 13.2 Å². The normalized spacial score (nSPS) is 10.9. The third-order valence-corrected chi connectivity index (χ3v) is 4.39. The van der Waals surface area contributed by atoms with Crippen LogP contribution in [0.4, 0.5) is 14.6 Å². The Kier molecular flexibility index (Phi) is 6.08. The fraction of sp³-hybridized carbons (Fsp3) is 0.111. The zero-order valence-corrected chi connectivity index (χ0v) is 16.0. The van der Waals surface area contributed by atoms with Gasteiger partial charge in [0, 0.05) is 11.2 Å². The number of hydrogen-bond donors (Lipinski definition) is 1. The molecule has 140 valence electrons. The number of nitrogens with one attached hydrogen (secondary N) is 1. The Hall–Kier alpha value is -2.45. The van der Waals surface area contributed by atoms with Crippen molar-refractivity contribution in [2.75, 3.05) is 5.32 Å². The molecule has 0 spiro atoms. The molecule has 0 saturated carbocycles. The Morgan fingerprint density at radius 2 is 1.93 bits per heavy atom. The first-order valence-corrected chi connectivity index (χ1v) is 8.92. The lowest BCUT2D eigenvalue weighted by Gasteiger charge is -2.10. The van der Waals surface area contributed by atoms with Gasteiger partial charge in [-0.2, -0.15) is 13.9 Å². The second kappa shape index (κ2) is 8.49. The number of aromatic nitrogens is 2. The standard InChI is InChI=1S/C18H13BrClF2N3O2/c19-14-10-25(9-11-5-7-12(20)8-6-11)24-16(14)23-17(26)13-3-1-2-4-15(13)27-18(21)22/h1-8,10,18H,9H2,(H,23,24,26). The summed E-state index contributed by atoms with van der Waals surface area (Å²) in [4.78, 5) is 12.5. The number of carbonyl (C=O) groups is 1. The zero-order valence-electron chi connectivity index (χ0n) is 13.7. The Morgan fingerprint density at radius 1 is 1.22 bits per heavy atom. The number of amides is 1. The highest BCUT2D eigenvalue weighted by Crippen LogP contribution is 2.25. The third-order valence-electron chi connectivity index (χ3n) is 3.55. The predicted molar refractivity (Wildman–Crippen MR) is 102 cm³/mol. The van der Waals surface area contributed by atoms with E-state index in [4.69, 9.17) is 11.6 Å². The van der Waals surface area contributed by atoms with Gasteiger partial charge in [-0.1, -0.05) is 35.9 Å². The SMILES string of the molecule is O=C(Nc1nn(Cc2ccc(Cl)cc2)cc1Br)c1ccccc1OC(F)F. The number of rotatable bonds is 6. The number of alkyl halides is 2. The first-order chi connectivity index (χ1) is 12.9. The van der Waals surface area contributed by atoms with Gasteiger partial charge < -0.3 is 10.1 Å². The molecule has 0 bridgehead atoms. The van der Waals surface area contributed by atoms with E-state index in [2.05, 4.69) is 31.1 Å². The maximum Gasteiger partial charge on any atom is 0.387 e. The highest BCUT2D eigenvalue weighted by atomic mass is 79.9. The third kappa shape index (κ3) is 5.05. The first kappa shape index (κ1) is 19.3. The molecule has 0 aliphatic carbocycles. The van der Waals surface area contributed by atoms with Gasteiger partial charge in [0.1, 0.15) is 5.75 Å². The minimum atomic E-state index is -3.02. The van der Waals surface area contributed by atoms with E-state index in [0.29, 0.717) is 16.0 Å². The van der Waals surface area contributed by atoms with E-state index >= 15 is 0 Å². The van der Waals surface area contributed by atoms with Crippen molar-refractivity contribution in [2.24, 2.45) is 0 Å². The van der Waals surface area contributed by atoms with E-state index in [1.807, 2.05) is 12.1 Å². The van der Waals surface area contributed by atoms with Crippen LogP contribution in [0.15, 0.2) is 59.2 Å². The fourth-order valence-electron chi connectivity index (χ4n) is 2.37. The van der Waals surface area contributed by atoms with Crippen molar-refractivity contribution < 1.29 is 18.3 Å². The number of carbonyl (C=O) groups excluding carboxylic acids is 1. The number of benzene rings is 2. The molecular weight excluding hydrogens is 444 g/mol. The number of nitrogens with zero attached hydrogens (tertiary/aromatic N) is 2. The predicted octanol–water partition coefficient (Wildman–Crippen LogP) is 5.20. The molecule has 0 saturated heterocycles. The summed E-state index contributed by atoms with van der Waals surface area (Å²) in [5, 5.41) is 7.53. The second-order valence-electron chi connectivity index (χ2n) is 5.48. The Balaban J connectivity index is 1.75. The molecule has 0 aliphatic rings. The lowest BCUT2D eigenvalue weighted by Crippen LogP contribution is -2.15. The minimum absolute atomic E-state index is 0.0167. The second-order valence-corrected chi connectivity index (χ2v) is 6.77. The molecule has 2 aromatic carbocycles. The van der Waals surface area contributed by atoms with Crippen molar-refractivity contribution >= 4 is 39.3 Å². The van der Waals surface area contributed by atoms with Crippen molar-refractivity contribution in [1.82, 2.24) is 9.78 Å². The molecule has 0 aliphatic heterocycles. The van der Waals surface area contributed by atoms with Crippen LogP contribution >= 0.6 is 27.5 Å². The van der Waals surface area contributed by atoms with E-state index in [9.17, 15) is 13.6 Å². The van der Waals surface area contributed by atoms with Gasteiger partial charge in [-0.15, -0.1) is 0 Å². The molecule has 0 unspecified atom stereocenters. The van der Waals surface area contributed by atoms with Gasteiger partial charge in [-0.3, -0.25) is 9.48 Å². The summed E-state index contributed by atoms with van der Waals surface area (Å²) in [5.41, 5.74) is 0.958. The summed E-state index contributed by atoms with van der Waals surface area (Å²) in [7, 11) is 0. The fourth-order valence-corrected chi connectivity index (χ4v) is 2.91. The van der Waals surface area contributed by atoms with Gasteiger partial charge in [0.25, 0.3) is 5.91 Å². The topological polar surface area (TPSA) is 56.2 Å². The van der Waals surface area contributed by atoms with Gasteiger partial charge in [-0.25, -0.2) is 0 Å². The quantitative estimate of drug-likeness (QED) is 0.555. The van der Waals surface area contributed by atoms with Crippen LogP contribution in [0.25, 0.3) is 0 Å². The maximum atomic E-state index is 12.5. The lowest BCUT2D eigenvalue weighted by molar-refractivity contribution is -0.0501. The number of ether oxygens (including phenoxy) is 1. The Labute approximate surface area is 167 Å². The number of hydrogen-bond acceptors (Lipinski definition) is 3. The number of para-hydroxylation sites is 1. The summed E-state index contributed by atoms with van der Waals surface area (Å²) in [5.74, 6) is -0.550. The molecule has 3 aromatic rings. The molecule has 1 heterocycles. The van der Waals surface area contributed by atoms with Crippen LogP contribution < -0.4 is 10.1 Å². The van der Waals surface area contributed by atoms with Crippen LogP contribution in [0.3, 0.4) is 0 Å². The van der Waals surface area contributed by atoms with E-state index in [1.54, 1.807) is 29.1 Å². The number of halogens is 4. The molecule has 0 atom stereocenters. The first-order valence-electron chi connectivity index (χ1n) is 7.75. The van der Waals surface area contributed by atoms with Gasteiger partial charge in [0.05, 0.1) is 16.6 Å². The number of anilines is 1. The summed E-state index contributed by atoms with van der Waals surface area (Å²) >= 11 is 9.20. The molecule has 5 nitrogen and oxygen atoms in total. The van der Waals surface area contributed by atoms with Crippen LogP contribution in [0, 0.1) is 0 Å². The zero-order chi connectivity index (χ0) is 19.4. The van der Waals surface area contributed by atoms with E-state index in [-0.39, 0.29) is 17.1 Å². The van der Waals surface area contributed by atoms with Crippen LogP contribution in [0.2, 0.25) is 5.02 Å². The van der Waals surface area contributed by atoms with Crippen LogP contribution in [0.1, 0.15) is 15.9 Å². The molecule has 0 fully saturated rings. The molecule has 27 heavy (non-hydrogen) atoms. The van der Waals surface area contributed by atoms with E-state index < -0.39 is 12.5 Å². The smallest absolute Gasteiger partial charge is 0.387 e. The Morgan fingerprint density at radius 3 is 2.63 bits per heavy atom. The largest absolute Gasteiger partial charge is 0.434 e. The van der Waals surface area contributed by atoms with Crippen LogP contribution in [-0.2, 0) is 6.54 Å². The average Bonchev–Trinajstić information content (AvgIpc) is 2.96. The molecule has 1 aromatic heterocycles. The lowest BCUT2D eigenvalue weighted by atomic mass is 10.2. The summed E-state index contributed by atoms with van der Waals surface area (Å²) in [6.07, 6.45) is 1.70. The Bertz CT molecular complexity index is 948. The monoisotopic (exact) mass is 455 g/mol. The van der Waals surface area contributed by atoms with Gasteiger partial charge in [0.2, 0.25) is 0 Å². The van der Waals surface area contributed by atoms with E-state index in [0.717, 1.165) is 5.56 Å². The van der Waals surface area contributed by atoms with Crippen molar-refractivity contribution in [1.29, 1.82) is 0 Å². The summed E-state index contributed by atoms with van der Waals surface area (Å²) in [6, 6.07) is 13.0. The average molecular weight is 457 g/mol. The minimum Gasteiger partial charge on any atom is -0.434 e. The van der Waals surface area contributed by atoms with Crippen molar-refractivity contribution in [3.05, 3.63) is 75.4 Å².